The van der Waals surface area contributed by atoms with E-state index in [9.17, 15) is 8.78 Å². The normalized spacial score (nSPS) is 11.3. The molecule has 0 spiro atoms. The van der Waals surface area contributed by atoms with Crippen molar-refractivity contribution in [2.45, 2.75) is 13.0 Å². The van der Waals surface area contributed by atoms with E-state index < -0.39 is 0 Å². The SMILES string of the molecule is CN=C(NCCc1ccccc1F)NCc1ncccc1F. The van der Waals surface area contributed by atoms with Crippen molar-refractivity contribution in [2.75, 3.05) is 13.6 Å². The summed E-state index contributed by atoms with van der Waals surface area (Å²) in [6.07, 6.45) is 2.07. The number of nitrogens with one attached hydrogen (secondary N) is 2. The lowest BCUT2D eigenvalue weighted by Gasteiger charge is -2.12. The summed E-state index contributed by atoms with van der Waals surface area (Å²) in [4.78, 5) is 7.99. The summed E-state index contributed by atoms with van der Waals surface area (Å²) in [5, 5.41) is 6.03. The average molecular weight is 304 g/mol. The summed E-state index contributed by atoms with van der Waals surface area (Å²) in [5.41, 5.74) is 0.959. The summed E-state index contributed by atoms with van der Waals surface area (Å²) in [6.45, 7) is 0.747. The topological polar surface area (TPSA) is 49.3 Å². The number of guanidine groups is 1. The molecule has 2 rings (SSSR count). The Balaban J connectivity index is 1.81. The second kappa shape index (κ2) is 8.07. The van der Waals surface area contributed by atoms with Gasteiger partial charge in [-0.3, -0.25) is 9.98 Å². The Labute approximate surface area is 128 Å². The van der Waals surface area contributed by atoms with Gasteiger partial charge in [0, 0.05) is 19.8 Å². The largest absolute Gasteiger partial charge is 0.356 e. The van der Waals surface area contributed by atoms with E-state index in [4.69, 9.17) is 0 Å². The van der Waals surface area contributed by atoms with Crippen LogP contribution in [0.3, 0.4) is 0 Å². The van der Waals surface area contributed by atoms with E-state index in [2.05, 4.69) is 20.6 Å². The van der Waals surface area contributed by atoms with Gasteiger partial charge in [0.15, 0.2) is 5.96 Å². The second-order valence-electron chi connectivity index (χ2n) is 4.63. The van der Waals surface area contributed by atoms with Gasteiger partial charge in [-0.2, -0.15) is 0 Å². The predicted octanol–water partition coefficient (Wildman–Crippen LogP) is 2.27. The van der Waals surface area contributed by atoms with Crippen molar-refractivity contribution in [3.63, 3.8) is 0 Å². The molecule has 0 aliphatic rings. The lowest BCUT2D eigenvalue weighted by Crippen LogP contribution is -2.38. The molecule has 0 atom stereocenters. The molecule has 4 nitrogen and oxygen atoms in total. The molecule has 1 heterocycles. The zero-order chi connectivity index (χ0) is 15.8. The first-order chi connectivity index (χ1) is 10.7. The molecule has 22 heavy (non-hydrogen) atoms. The van der Waals surface area contributed by atoms with Crippen LogP contribution in [0.4, 0.5) is 8.78 Å². The lowest BCUT2D eigenvalue weighted by molar-refractivity contribution is 0.591. The first-order valence-electron chi connectivity index (χ1n) is 6.98. The predicted molar refractivity (Wildman–Crippen MR) is 82.5 cm³/mol. The van der Waals surface area contributed by atoms with Gasteiger partial charge in [-0.1, -0.05) is 18.2 Å². The zero-order valence-corrected chi connectivity index (χ0v) is 12.3. The maximum atomic E-state index is 13.5. The Bertz CT molecular complexity index is 644. The summed E-state index contributed by atoms with van der Waals surface area (Å²) < 4.78 is 26.9. The van der Waals surface area contributed by atoms with Crippen molar-refractivity contribution in [1.29, 1.82) is 0 Å². The van der Waals surface area contributed by atoms with E-state index in [1.807, 2.05) is 0 Å². The van der Waals surface area contributed by atoms with Gasteiger partial charge in [-0.25, -0.2) is 8.78 Å². The highest BCUT2D eigenvalue weighted by molar-refractivity contribution is 5.79. The fourth-order valence-electron chi connectivity index (χ4n) is 1.95. The van der Waals surface area contributed by atoms with Gasteiger partial charge < -0.3 is 10.6 Å². The Morgan fingerprint density at radius 1 is 1.09 bits per heavy atom. The molecule has 0 bridgehead atoms. The molecule has 0 amide bonds. The van der Waals surface area contributed by atoms with Gasteiger partial charge in [0.2, 0.25) is 0 Å². The van der Waals surface area contributed by atoms with E-state index in [0.29, 0.717) is 30.2 Å². The molecule has 116 valence electrons. The quantitative estimate of drug-likeness (QED) is 0.658. The number of benzene rings is 1. The minimum atomic E-state index is -0.364. The maximum absolute atomic E-state index is 13.5. The molecular weight excluding hydrogens is 286 g/mol. The number of rotatable bonds is 5. The lowest BCUT2D eigenvalue weighted by atomic mass is 10.1. The Morgan fingerprint density at radius 2 is 1.86 bits per heavy atom. The molecule has 0 saturated carbocycles. The third kappa shape index (κ3) is 4.51. The van der Waals surface area contributed by atoms with Crippen molar-refractivity contribution in [1.82, 2.24) is 15.6 Å². The molecule has 0 radical (unpaired) electrons. The van der Waals surface area contributed by atoms with Crippen LogP contribution in [0, 0.1) is 11.6 Å². The van der Waals surface area contributed by atoms with Crippen LogP contribution >= 0.6 is 0 Å². The van der Waals surface area contributed by atoms with Gasteiger partial charge in [-0.15, -0.1) is 0 Å². The molecule has 0 saturated heterocycles. The number of hydrogen-bond donors (Lipinski definition) is 2. The number of nitrogens with zero attached hydrogens (tertiary/aromatic N) is 2. The highest BCUT2D eigenvalue weighted by atomic mass is 19.1. The molecule has 1 aromatic heterocycles. The molecule has 0 fully saturated rings. The maximum Gasteiger partial charge on any atom is 0.191 e. The van der Waals surface area contributed by atoms with Gasteiger partial charge >= 0.3 is 0 Å². The van der Waals surface area contributed by atoms with Gasteiger partial charge in [0.1, 0.15) is 11.6 Å². The molecule has 6 heteroatoms. The Kier molecular flexibility index (Phi) is 5.82. The monoisotopic (exact) mass is 304 g/mol. The Morgan fingerprint density at radius 3 is 2.59 bits per heavy atom. The van der Waals surface area contributed by atoms with E-state index in [0.717, 1.165) is 0 Å². The molecular formula is C16H18F2N4. The zero-order valence-electron chi connectivity index (χ0n) is 12.3. The van der Waals surface area contributed by atoms with Crippen LogP contribution in [0.2, 0.25) is 0 Å². The fraction of sp³-hybridized carbons (Fsp3) is 0.250. The van der Waals surface area contributed by atoms with Gasteiger partial charge in [-0.05, 0) is 30.2 Å². The van der Waals surface area contributed by atoms with Crippen LogP contribution in [0.15, 0.2) is 47.6 Å². The summed E-state index contributed by atoms with van der Waals surface area (Å²) in [7, 11) is 1.62. The smallest absolute Gasteiger partial charge is 0.191 e. The number of aliphatic imine (C=N–C) groups is 1. The van der Waals surface area contributed by atoms with Crippen LogP contribution in [0.5, 0.6) is 0 Å². The van der Waals surface area contributed by atoms with Crippen molar-refractivity contribution in [3.05, 3.63) is 65.5 Å². The first kappa shape index (κ1) is 15.9. The average Bonchev–Trinajstić information content (AvgIpc) is 2.54. The van der Waals surface area contributed by atoms with E-state index >= 15 is 0 Å². The second-order valence-corrected chi connectivity index (χ2v) is 4.63. The van der Waals surface area contributed by atoms with Gasteiger partial charge in [0.05, 0.1) is 12.2 Å². The minimum Gasteiger partial charge on any atom is -0.356 e. The summed E-state index contributed by atoms with van der Waals surface area (Å²) >= 11 is 0. The van der Waals surface area contributed by atoms with Crippen molar-refractivity contribution in [2.24, 2.45) is 4.99 Å². The van der Waals surface area contributed by atoms with Crippen LogP contribution in [-0.2, 0) is 13.0 Å². The van der Waals surface area contributed by atoms with Crippen molar-refractivity contribution >= 4 is 5.96 Å². The highest BCUT2D eigenvalue weighted by Gasteiger charge is 2.05. The van der Waals surface area contributed by atoms with E-state index in [1.54, 1.807) is 31.3 Å². The molecule has 1 aromatic carbocycles. The van der Waals surface area contributed by atoms with Crippen LogP contribution in [0.1, 0.15) is 11.3 Å². The first-order valence-corrected chi connectivity index (χ1v) is 6.98. The summed E-state index contributed by atoms with van der Waals surface area (Å²) in [6, 6.07) is 9.55. The van der Waals surface area contributed by atoms with Crippen LogP contribution in [-0.4, -0.2) is 24.5 Å². The minimum absolute atomic E-state index is 0.220. The third-order valence-corrected chi connectivity index (χ3v) is 3.13. The standard InChI is InChI=1S/C16H18F2N4/c1-19-16(22-11-15-14(18)7-4-9-20-15)21-10-8-12-5-2-3-6-13(12)17/h2-7,9H,8,10-11H2,1H3,(H2,19,21,22). The Hall–Kier alpha value is -2.50. The van der Waals surface area contributed by atoms with E-state index in [1.165, 1.54) is 18.3 Å². The number of pyridine rings is 1. The molecule has 0 unspecified atom stereocenters. The molecule has 0 aliphatic heterocycles. The van der Waals surface area contributed by atoms with Crippen molar-refractivity contribution < 1.29 is 8.78 Å². The number of aromatic nitrogens is 1. The fourth-order valence-corrected chi connectivity index (χ4v) is 1.95. The van der Waals surface area contributed by atoms with Crippen molar-refractivity contribution in [3.8, 4) is 0 Å². The number of hydrogen-bond acceptors (Lipinski definition) is 2. The van der Waals surface area contributed by atoms with Gasteiger partial charge in [0.25, 0.3) is 0 Å². The van der Waals surface area contributed by atoms with Crippen LogP contribution in [0.25, 0.3) is 0 Å². The van der Waals surface area contributed by atoms with Crippen LogP contribution < -0.4 is 10.6 Å². The third-order valence-electron chi connectivity index (χ3n) is 3.13. The molecule has 2 aromatic rings. The highest BCUT2D eigenvalue weighted by Crippen LogP contribution is 2.06. The molecule has 2 N–H and O–H groups in total. The van der Waals surface area contributed by atoms with E-state index in [-0.39, 0.29) is 18.2 Å². The molecule has 0 aliphatic carbocycles. The number of halogens is 2. The summed E-state index contributed by atoms with van der Waals surface area (Å²) in [5.74, 6) is -0.0685.